The minimum atomic E-state index is 0. The van der Waals surface area contributed by atoms with Crippen molar-refractivity contribution in [3.8, 4) is 0 Å². The number of nitrogens with one attached hydrogen (secondary N) is 1. The van der Waals surface area contributed by atoms with Crippen LogP contribution in [0.15, 0.2) is 24.5 Å². The minimum absolute atomic E-state index is 0. The molecule has 1 aromatic carbocycles. The van der Waals surface area contributed by atoms with Crippen LogP contribution in [0.25, 0.3) is 11.0 Å². The normalized spacial score (nSPS) is 18.8. The van der Waals surface area contributed by atoms with Gasteiger partial charge in [-0.1, -0.05) is 6.07 Å². The zero-order valence-corrected chi connectivity index (χ0v) is 11.4. The summed E-state index contributed by atoms with van der Waals surface area (Å²) in [4.78, 5) is 4.39. The molecule has 1 fully saturated rings. The number of imidazole rings is 1. The summed E-state index contributed by atoms with van der Waals surface area (Å²) in [5, 5.41) is 3.40. The summed E-state index contributed by atoms with van der Waals surface area (Å²) in [5.74, 6) is 0.677. The number of rotatable bonds is 1. The fraction of sp³-hybridized carbons (Fsp3) is 0.417. The fourth-order valence-corrected chi connectivity index (χ4v) is 2.35. The van der Waals surface area contributed by atoms with Gasteiger partial charge in [0.2, 0.25) is 0 Å². The van der Waals surface area contributed by atoms with E-state index in [4.69, 9.17) is 0 Å². The van der Waals surface area contributed by atoms with Gasteiger partial charge in [0.05, 0.1) is 17.4 Å². The minimum Gasteiger partial charge on any atom is -0.334 e. The van der Waals surface area contributed by atoms with Crippen molar-refractivity contribution in [1.82, 2.24) is 14.9 Å². The van der Waals surface area contributed by atoms with Crippen molar-refractivity contribution in [1.29, 1.82) is 0 Å². The largest absolute Gasteiger partial charge is 0.334 e. The van der Waals surface area contributed by atoms with Gasteiger partial charge in [-0.05, 0) is 36.6 Å². The summed E-state index contributed by atoms with van der Waals surface area (Å²) >= 11 is 0. The lowest BCUT2D eigenvalue weighted by atomic mass is 9.98. The second-order valence-electron chi connectivity index (χ2n) is 4.29. The molecule has 0 radical (unpaired) electrons. The van der Waals surface area contributed by atoms with Crippen LogP contribution in [-0.2, 0) is 7.05 Å². The van der Waals surface area contributed by atoms with Gasteiger partial charge in [-0.2, -0.15) is 0 Å². The zero-order valence-electron chi connectivity index (χ0n) is 9.72. The van der Waals surface area contributed by atoms with E-state index in [0.717, 1.165) is 18.6 Å². The maximum Gasteiger partial charge on any atom is 0.0955 e. The topological polar surface area (TPSA) is 29.9 Å². The molecule has 0 aliphatic carbocycles. The van der Waals surface area contributed by atoms with Gasteiger partial charge in [0.1, 0.15) is 0 Å². The number of aromatic nitrogens is 2. The average Bonchev–Trinajstić information content (AvgIpc) is 2.88. The fourth-order valence-electron chi connectivity index (χ4n) is 2.35. The summed E-state index contributed by atoms with van der Waals surface area (Å²) in [6.45, 7) is 2.25. The predicted octanol–water partition coefficient (Wildman–Crippen LogP) is 2.49. The summed E-state index contributed by atoms with van der Waals surface area (Å²) in [5.41, 5.74) is 3.75. The Bertz CT molecular complexity index is 489. The highest BCUT2D eigenvalue weighted by Crippen LogP contribution is 2.25. The van der Waals surface area contributed by atoms with Crippen LogP contribution in [0, 0.1) is 0 Å². The molecule has 1 atom stereocenters. The Kier molecular flexibility index (Phi) is 4.80. The molecule has 2 heterocycles. The molecule has 0 spiro atoms. The number of fused-ring (bicyclic) bond motifs is 1. The Balaban J connectivity index is 0.000000722. The summed E-state index contributed by atoms with van der Waals surface area (Å²) in [6.07, 6.45) is 3.12. The van der Waals surface area contributed by atoms with E-state index in [2.05, 4.69) is 33.1 Å². The van der Waals surface area contributed by atoms with Crippen molar-refractivity contribution in [2.75, 3.05) is 13.1 Å². The third-order valence-corrected chi connectivity index (χ3v) is 3.28. The molecule has 0 bridgehead atoms. The molecular weight excluding hydrogens is 257 g/mol. The van der Waals surface area contributed by atoms with Crippen LogP contribution < -0.4 is 5.32 Å². The average molecular weight is 274 g/mol. The lowest BCUT2D eigenvalue weighted by Crippen LogP contribution is -2.07. The lowest BCUT2D eigenvalue weighted by Gasteiger charge is -2.08. The summed E-state index contributed by atoms with van der Waals surface area (Å²) in [6, 6.07) is 6.64. The molecule has 3 rings (SSSR count). The molecule has 5 heteroatoms. The molecule has 2 aromatic rings. The second-order valence-corrected chi connectivity index (χ2v) is 4.29. The molecule has 1 saturated heterocycles. The predicted molar refractivity (Wildman–Crippen MR) is 75.4 cm³/mol. The van der Waals surface area contributed by atoms with Crippen LogP contribution in [0.5, 0.6) is 0 Å². The van der Waals surface area contributed by atoms with Crippen molar-refractivity contribution >= 4 is 35.8 Å². The van der Waals surface area contributed by atoms with E-state index in [1.54, 1.807) is 0 Å². The first kappa shape index (κ1) is 14.3. The highest BCUT2D eigenvalue weighted by atomic mass is 35.5. The standard InChI is InChI=1S/C12H15N3.2ClH/c1-15-8-14-11-6-9(2-3-12(11)15)10-4-5-13-7-10;;/h2-3,6,8,10,13H,4-5,7H2,1H3;2*1H. The molecule has 17 heavy (non-hydrogen) atoms. The highest BCUT2D eigenvalue weighted by molar-refractivity contribution is 5.85. The van der Waals surface area contributed by atoms with Gasteiger partial charge in [0.15, 0.2) is 0 Å². The molecule has 1 unspecified atom stereocenters. The van der Waals surface area contributed by atoms with Gasteiger partial charge in [-0.25, -0.2) is 4.98 Å². The quantitative estimate of drug-likeness (QED) is 0.866. The monoisotopic (exact) mass is 273 g/mol. The van der Waals surface area contributed by atoms with Crippen LogP contribution in [0.4, 0.5) is 0 Å². The van der Waals surface area contributed by atoms with Gasteiger partial charge in [-0.15, -0.1) is 24.8 Å². The van der Waals surface area contributed by atoms with Gasteiger partial charge in [0, 0.05) is 13.6 Å². The smallest absolute Gasteiger partial charge is 0.0955 e. The zero-order chi connectivity index (χ0) is 10.3. The summed E-state index contributed by atoms with van der Waals surface area (Å²) in [7, 11) is 2.03. The van der Waals surface area contributed by atoms with Crippen molar-refractivity contribution in [2.24, 2.45) is 7.05 Å². The number of hydrogen-bond donors (Lipinski definition) is 1. The van der Waals surface area contributed by atoms with Crippen molar-refractivity contribution in [3.05, 3.63) is 30.1 Å². The van der Waals surface area contributed by atoms with E-state index in [1.807, 2.05) is 13.4 Å². The Hall–Kier alpha value is -0.770. The SMILES string of the molecule is Cl.Cl.Cn1cnc2cc(C3CCNC3)ccc21. The molecule has 0 amide bonds. The van der Waals surface area contributed by atoms with Crippen LogP contribution in [0.1, 0.15) is 17.9 Å². The first-order valence-electron chi connectivity index (χ1n) is 5.46. The lowest BCUT2D eigenvalue weighted by molar-refractivity contribution is 0.764. The van der Waals surface area contributed by atoms with Gasteiger partial charge < -0.3 is 9.88 Å². The maximum atomic E-state index is 4.39. The number of hydrogen-bond acceptors (Lipinski definition) is 2. The first-order chi connectivity index (χ1) is 7.34. The molecule has 1 aromatic heterocycles. The summed E-state index contributed by atoms with van der Waals surface area (Å²) < 4.78 is 2.06. The van der Waals surface area contributed by atoms with E-state index in [0.29, 0.717) is 5.92 Å². The molecule has 94 valence electrons. The van der Waals surface area contributed by atoms with Gasteiger partial charge >= 0.3 is 0 Å². The third kappa shape index (κ3) is 2.57. The number of aryl methyl sites for hydroxylation is 1. The Labute approximate surface area is 113 Å². The number of benzene rings is 1. The Morgan fingerprint density at radius 1 is 1.35 bits per heavy atom. The Morgan fingerprint density at radius 3 is 2.88 bits per heavy atom. The first-order valence-corrected chi connectivity index (χ1v) is 5.46. The highest BCUT2D eigenvalue weighted by Gasteiger charge is 2.16. The van der Waals surface area contributed by atoms with Crippen molar-refractivity contribution in [2.45, 2.75) is 12.3 Å². The van der Waals surface area contributed by atoms with Crippen LogP contribution in [0.2, 0.25) is 0 Å². The van der Waals surface area contributed by atoms with E-state index in [1.165, 1.54) is 17.5 Å². The molecule has 1 N–H and O–H groups in total. The van der Waals surface area contributed by atoms with Crippen LogP contribution >= 0.6 is 24.8 Å². The van der Waals surface area contributed by atoms with E-state index >= 15 is 0 Å². The van der Waals surface area contributed by atoms with Crippen molar-refractivity contribution < 1.29 is 0 Å². The molecular formula is C12H17Cl2N3. The molecule has 3 nitrogen and oxygen atoms in total. The van der Waals surface area contributed by atoms with E-state index in [9.17, 15) is 0 Å². The van der Waals surface area contributed by atoms with E-state index in [-0.39, 0.29) is 24.8 Å². The molecule has 0 saturated carbocycles. The molecule has 1 aliphatic heterocycles. The van der Waals surface area contributed by atoms with Crippen LogP contribution in [-0.4, -0.2) is 22.6 Å². The Morgan fingerprint density at radius 2 is 2.18 bits per heavy atom. The third-order valence-electron chi connectivity index (χ3n) is 3.28. The molecule has 1 aliphatic rings. The number of nitrogens with zero attached hydrogens (tertiary/aromatic N) is 2. The van der Waals surface area contributed by atoms with E-state index < -0.39 is 0 Å². The van der Waals surface area contributed by atoms with Gasteiger partial charge in [-0.3, -0.25) is 0 Å². The van der Waals surface area contributed by atoms with Gasteiger partial charge in [0.25, 0.3) is 0 Å². The second kappa shape index (κ2) is 5.71. The maximum absolute atomic E-state index is 4.39. The van der Waals surface area contributed by atoms with Crippen molar-refractivity contribution in [3.63, 3.8) is 0 Å². The number of halogens is 2. The van der Waals surface area contributed by atoms with Crippen LogP contribution in [0.3, 0.4) is 0 Å².